The molecule has 0 rings (SSSR count). The van der Waals surface area contributed by atoms with Gasteiger partial charge < -0.3 is 0 Å². The largest absolute Gasteiger partial charge is 0.128 e. The number of rotatable bonds is 8. The van der Waals surface area contributed by atoms with E-state index in [0.717, 1.165) is 0 Å². The van der Waals surface area contributed by atoms with Gasteiger partial charge in [-0.25, -0.2) is 0 Å². The fourth-order valence-electron chi connectivity index (χ4n) is 1.35. The van der Waals surface area contributed by atoms with Gasteiger partial charge in [0, 0.05) is 8.55 Å². The molecule has 0 N–H and O–H groups in total. The van der Waals surface area contributed by atoms with E-state index < -0.39 is 0 Å². The highest BCUT2D eigenvalue weighted by molar-refractivity contribution is 14.1. The topological polar surface area (TPSA) is 0 Å². The first-order valence-corrected chi connectivity index (χ1v) is 19.4. The Labute approximate surface area is 96.9 Å². The summed E-state index contributed by atoms with van der Waals surface area (Å²) in [7, 11) is 2.15. The van der Waals surface area contributed by atoms with Gasteiger partial charge >= 0.3 is 0 Å². The van der Waals surface area contributed by atoms with Gasteiger partial charge in [0.05, 0.1) is 5.81 Å². The standard InChI is InChI=1S/C8H23ISi3/c1-2-3-4-5-6-7-8-12(9)11-10/h12H,2-8,11H2,1,10H3. The molecule has 0 aliphatic heterocycles. The third-order valence-corrected chi connectivity index (χ3v) is 41.7. The first-order valence-electron chi connectivity index (χ1n) is 5.45. The Morgan fingerprint density at radius 1 is 1.17 bits per heavy atom. The molecule has 0 aromatic heterocycles. The lowest BCUT2D eigenvalue weighted by Gasteiger charge is -2.03. The van der Waals surface area contributed by atoms with Crippen LogP contribution in [0.25, 0.3) is 0 Å². The highest BCUT2D eigenvalue weighted by Gasteiger charge is 2.01. The van der Waals surface area contributed by atoms with Gasteiger partial charge in [-0.15, -0.1) is 21.8 Å². The van der Waals surface area contributed by atoms with Crippen molar-refractivity contribution in [3.05, 3.63) is 0 Å². The molecular formula is C8H23ISi3. The molecule has 0 saturated heterocycles. The molecule has 0 bridgehead atoms. The summed E-state index contributed by atoms with van der Waals surface area (Å²) in [6.07, 6.45) is 8.94. The van der Waals surface area contributed by atoms with Crippen LogP contribution in [0.3, 0.4) is 0 Å². The van der Waals surface area contributed by atoms with Gasteiger partial charge in [-0.05, 0) is 9.76 Å². The van der Waals surface area contributed by atoms with Crippen LogP contribution < -0.4 is 0 Å². The number of halogens is 1. The van der Waals surface area contributed by atoms with Gasteiger partial charge in [0.1, 0.15) is 0 Å². The van der Waals surface area contributed by atoms with Crippen LogP contribution in [0.5, 0.6) is 0 Å². The average molecular weight is 330 g/mol. The van der Waals surface area contributed by atoms with E-state index >= 15 is 0 Å². The predicted molar refractivity (Wildman–Crippen MR) is 77.8 cm³/mol. The van der Waals surface area contributed by atoms with Crippen molar-refractivity contribution in [3.8, 4) is 0 Å². The molecular weight excluding hydrogens is 307 g/mol. The normalized spacial score (nSPS) is 14.5. The Hall–Kier alpha value is 1.38. The zero-order valence-corrected chi connectivity index (χ0v) is 15.3. The first-order chi connectivity index (χ1) is 5.81. The van der Waals surface area contributed by atoms with Crippen molar-refractivity contribution in [3.63, 3.8) is 0 Å². The summed E-state index contributed by atoms with van der Waals surface area (Å²) in [4.78, 5) is 0. The minimum atomic E-state index is -0.0695. The van der Waals surface area contributed by atoms with Crippen LogP contribution in [0.2, 0.25) is 6.04 Å². The van der Waals surface area contributed by atoms with Crippen LogP contribution in [-0.4, -0.2) is 24.1 Å². The van der Waals surface area contributed by atoms with Crippen molar-refractivity contribution in [2.24, 2.45) is 0 Å². The van der Waals surface area contributed by atoms with E-state index in [9.17, 15) is 0 Å². The molecule has 1 unspecified atom stereocenters. The van der Waals surface area contributed by atoms with Crippen molar-refractivity contribution in [1.29, 1.82) is 0 Å². The van der Waals surface area contributed by atoms with Crippen LogP contribution in [0.15, 0.2) is 0 Å². The van der Waals surface area contributed by atoms with Crippen molar-refractivity contribution >= 4 is 45.9 Å². The quantitative estimate of drug-likeness (QED) is 0.274. The van der Waals surface area contributed by atoms with Gasteiger partial charge in [0.15, 0.2) is 0 Å². The molecule has 0 spiro atoms. The Bertz CT molecular complexity index is 90.4. The third-order valence-electron chi connectivity index (χ3n) is 2.31. The molecule has 0 saturated carbocycles. The second-order valence-corrected chi connectivity index (χ2v) is 29.2. The molecule has 12 heavy (non-hydrogen) atoms. The molecule has 0 heterocycles. The van der Waals surface area contributed by atoms with Crippen molar-refractivity contribution in [2.75, 3.05) is 0 Å². The molecule has 0 aromatic carbocycles. The van der Waals surface area contributed by atoms with E-state index in [0.29, 0.717) is 8.55 Å². The highest BCUT2D eigenvalue weighted by Crippen LogP contribution is 2.10. The maximum absolute atomic E-state index is 2.81. The van der Waals surface area contributed by atoms with Crippen molar-refractivity contribution in [1.82, 2.24) is 0 Å². The van der Waals surface area contributed by atoms with Crippen LogP contribution in [0.4, 0.5) is 0 Å². The fraction of sp³-hybridized carbons (Fsp3) is 1.00. The Morgan fingerprint density at radius 2 is 1.75 bits per heavy atom. The molecule has 0 aliphatic carbocycles. The molecule has 0 fully saturated rings. The smallest absolute Gasteiger partial charge is 0.0916 e. The van der Waals surface area contributed by atoms with Gasteiger partial charge in [0.25, 0.3) is 0 Å². The lowest BCUT2D eigenvalue weighted by molar-refractivity contribution is 0.624. The first kappa shape index (κ1) is 13.4. The van der Waals surface area contributed by atoms with Gasteiger partial charge in [-0.2, -0.15) is 0 Å². The second kappa shape index (κ2) is 10.5. The Kier molecular flexibility index (Phi) is 11.7. The van der Waals surface area contributed by atoms with Gasteiger partial charge in [-0.3, -0.25) is 0 Å². The van der Waals surface area contributed by atoms with Gasteiger partial charge in [0.2, 0.25) is 0 Å². The molecule has 0 nitrogen and oxygen atoms in total. The molecule has 0 radical (unpaired) electrons. The maximum atomic E-state index is 2.81. The summed E-state index contributed by atoms with van der Waals surface area (Å²) in [6, 6.07) is 1.67. The second-order valence-electron chi connectivity index (χ2n) is 3.56. The molecule has 0 aromatic rings. The summed E-state index contributed by atoms with van der Waals surface area (Å²) < 4.78 is 0. The molecule has 4 heteroatoms. The lowest BCUT2D eigenvalue weighted by atomic mass is 10.1. The molecule has 1 atom stereocenters. The summed E-state index contributed by atoms with van der Waals surface area (Å²) in [6.45, 7) is 2.29. The Balaban J connectivity index is 2.90. The van der Waals surface area contributed by atoms with E-state index in [2.05, 4.69) is 28.7 Å². The molecule has 0 amide bonds. The van der Waals surface area contributed by atoms with Crippen LogP contribution in [-0.2, 0) is 0 Å². The number of hydrogen-bond donors (Lipinski definition) is 0. The maximum Gasteiger partial charge on any atom is 0.0916 e. The molecule has 0 aliphatic rings. The van der Waals surface area contributed by atoms with E-state index in [1.165, 1.54) is 32.1 Å². The monoisotopic (exact) mass is 330 g/mol. The average Bonchev–Trinajstić information content (AvgIpc) is 2.10. The Morgan fingerprint density at radius 3 is 2.33 bits per heavy atom. The third kappa shape index (κ3) is 9.47. The number of hydrogen-bond acceptors (Lipinski definition) is 0. The van der Waals surface area contributed by atoms with Crippen LogP contribution in [0.1, 0.15) is 45.4 Å². The predicted octanol–water partition coefficient (Wildman–Crippen LogP) is 1.45. The minimum absolute atomic E-state index is 0.0695. The fourth-order valence-corrected chi connectivity index (χ4v) is 9.58. The van der Waals surface area contributed by atoms with Gasteiger partial charge in [-0.1, -0.05) is 51.5 Å². The van der Waals surface area contributed by atoms with E-state index in [1.807, 2.05) is 0 Å². The van der Waals surface area contributed by atoms with Crippen LogP contribution in [0, 0.1) is 0 Å². The molecule has 74 valence electrons. The lowest BCUT2D eigenvalue weighted by Crippen LogP contribution is -2.13. The van der Waals surface area contributed by atoms with E-state index in [1.54, 1.807) is 22.2 Å². The summed E-state index contributed by atoms with van der Waals surface area (Å²) in [5.41, 5.74) is 0. The summed E-state index contributed by atoms with van der Waals surface area (Å²) in [5.74, 6) is -0.0695. The van der Waals surface area contributed by atoms with Crippen molar-refractivity contribution < 1.29 is 0 Å². The SMILES string of the molecule is CCCCCCCC[SiH](I)[SiH2][SiH3]. The zero-order chi connectivity index (χ0) is 9.23. The van der Waals surface area contributed by atoms with Crippen molar-refractivity contribution in [2.45, 2.75) is 51.5 Å². The number of unbranched alkanes of at least 4 members (excludes halogenated alkanes) is 5. The minimum Gasteiger partial charge on any atom is -0.128 e. The van der Waals surface area contributed by atoms with E-state index in [-0.39, 0.29) is 5.81 Å². The summed E-state index contributed by atoms with van der Waals surface area (Å²) in [5, 5.41) is 0. The van der Waals surface area contributed by atoms with E-state index in [4.69, 9.17) is 0 Å². The van der Waals surface area contributed by atoms with Crippen LogP contribution >= 0.6 is 21.8 Å². The highest BCUT2D eigenvalue weighted by atomic mass is 127. The zero-order valence-electron chi connectivity index (χ0n) is 8.61. The summed E-state index contributed by atoms with van der Waals surface area (Å²) >= 11 is 2.81.